The van der Waals surface area contributed by atoms with Crippen LogP contribution in [0, 0.1) is 11.3 Å². The summed E-state index contributed by atoms with van der Waals surface area (Å²) in [6.07, 6.45) is 3.64. The fraction of sp³-hybridized carbons (Fsp3) is 0.435. The van der Waals surface area contributed by atoms with Gasteiger partial charge in [0.1, 0.15) is 11.8 Å². The molecule has 4 aromatic rings. The van der Waals surface area contributed by atoms with Crippen LogP contribution < -0.4 is 15.0 Å². The Morgan fingerprint density at radius 1 is 0.932 bits per heavy atom. The topological polar surface area (TPSA) is 159 Å². The van der Waals surface area contributed by atoms with E-state index in [-0.39, 0.29) is 49.5 Å². The van der Waals surface area contributed by atoms with E-state index in [0.29, 0.717) is 48.0 Å². The van der Waals surface area contributed by atoms with Crippen LogP contribution in [-0.2, 0) is 32.8 Å². The molecule has 3 fully saturated rings. The number of piperazine rings is 1. The molecule has 1 aromatic heterocycles. The van der Waals surface area contributed by atoms with Crippen molar-refractivity contribution in [1.82, 2.24) is 25.0 Å². The number of benzene rings is 3. The Balaban J connectivity index is 0.773. The molecule has 5 aliphatic rings. The average molecular weight is 796 g/mol. The number of hydrogen-bond acceptors (Lipinski definition) is 9. The van der Waals surface area contributed by atoms with Gasteiger partial charge in [0, 0.05) is 97.1 Å². The lowest BCUT2D eigenvalue weighted by Crippen LogP contribution is -2.54. The molecule has 1 atom stereocenters. The number of fused-ring (bicyclic) bond motifs is 5. The highest BCUT2D eigenvalue weighted by Crippen LogP contribution is 2.46. The minimum absolute atomic E-state index is 0.0369. The number of aryl methyl sites for hydroxylation is 1. The van der Waals surface area contributed by atoms with Crippen LogP contribution in [0.25, 0.3) is 10.9 Å². The summed E-state index contributed by atoms with van der Waals surface area (Å²) in [7, 11) is 0. The number of piperidine rings is 2. The van der Waals surface area contributed by atoms with Crippen LogP contribution in [0.1, 0.15) is 107 Å². The summed E-state index contributed by atoms with van der Waals surface area (Å²) in [6.45, 7) is 11.9. The molecule has 4 amide bonds. The molecule has 0 radical (unpaired) electrons. The van der Waals surface area contributed by atoms with E-state index < -0.39 is 17.4 Å². The van der Waals surface area contributed by atoms with Crippen molar-refractivity contribution in [2.45, 2.75) is 83.3 Å². The van der Waals surface area contributed by atoms with Crippen LogP contribution in [0.3, 0.4) is 0 Å². The summed E-state index contributed by atoms with van der Waals surface area (Å²) < 4.78 is 5.96. The molecule has 1 unspecified atom stereocenters. The molecule has 13 heteroatoms. The van der Waals surface area contributed by atoms with Gasteiger partial charge >= 0.3 is 0 Å². The first-order valence-corrected chi connectivity index (χ1v) is 20.9. The second-order valence-corrected chi connectivity index (χ2v) is 17.0. The van der Waals surface area contributed by atoms with Gasteiger partial charge in [0.2, 0.25) is 17.7 Å². The molecule has 9 rings (SSSR count). The van der Waals surface area contributed by atoms with Gasteiger partial charge in [-0.15, -0.1) is 0 Å². The summed E-state index contributed by atoms with van der Waals surface area (Å²) in [4.78, 5) is 76.3. The number of nitrogens with zero attached hydrogens (tertiary/aromatic N) is 5. The maximum absolute atomic E-state index is 14.1. The normalized spacial score (nSPS) is 20.6. The molecule has 3 saturated heterocycles. The lowest BCUT2D eigenvalue weighted by Gasteiger charge is -2.44. The predicted molar refractivity (Wildman–Crippen MR) is 220 cm³/mol. The summed E-state index contributed by atoms with van der Waals surface area (Å²) in [5, 5.41) is 12.7. The molecule has 2 N–H and O–H groups in total. The van der Waals surface area contributed by atoms with E-state index in [1.54, 1.807) is 24.3 Å². The number of hydrogen-bond donors (Lipinski definition) is 2. The SMILES string of the molecule is CCc1cc2c(cc1N1CCC(N3CCN(C(=O)CCOc4ccc5c(c4)CN(C4CCC(=O)NC4=O)C5=O)CC3)CC1)C(C)(C)c1[nH]c3cc(C#N)ccc3c1C2=O. The zero-order chi connectivity index (χ0) is 41.2. The fourth-order valence-electron chi connectivity index (χ4n) is 10.0. The van der Waals surface area contributed by atoms with Crippen molar-refractivity contribution in [2.24, 2.45) is 0 Å². The van der Waals surface area contributed by atoms with Crippen LogP contribution in [0.5, 0.6) is 5.75 Å². The molecule has 3 aromatic carbocycles. The maximum Gasteiger partial charge on any atom is 0.255 e. The van der Waals surface area contributed by atoms with Gasteiger partial charge in [-0.05, 0) is 84.8 Å². The Kier molecular flexibility index (Phi) is 9.78. The second kappa shape index (κ2) is 15.0. The van der Waals surface area contributed by atoms with Crippen LogP contribution in [0.4, 0.5) is 5.69 Å². The number of aromatic amines is 1. The monoisotopic (exact) mass is 795 g/mol. The number of anilines is 1. The van der Waals surface area contributed by atoms with Crippen LogP contribution in [-0.4, -0.2) is 107 Å². The van der Waals surface area contributed by atoms with Gasteiger partial charge in [0.05, 0.1) is 30.2 Å². The Labute approximate surface area is 343 Å². The second-order valence-electron chi connectivity index (χ2n) is 17.0. The van der Waals surface area contributed by atoms with Crippen molar-refractivity contribution in [3.63, 3.8) is 0 Å². The van der Waals surface area contributed by atoms with Crippen molar-refractivity contribution in [3.8, 4) is 11.8 Å². The van der Waals surface area contributed by atoms with Crippen LogP contribution in [0.2, 0.25) is 0 Å². The van der Waals surface area contributed by atoms with Gasteiger partial charge in [-0.2, -0.15) is 5.26 Å². The molecule has 0 bridgehead atoms. The molecule has 1 aliphatic carbocycles. The van der Waals surface area contributed by atoms with Crippen molar-refractivity contribution in [2.75, 3.05) is 50.8 Å². The Hall–Kier alpha value is -6.00. The quantitative estimate of drug-likeness (QED) is 0.239. The number of carbonyl (C=O) groups is 5. The van der Waals surface area contributed by atoms with Crippen molar-refractivity contribution in [3.05, 3.63) is 93.2 Å². The summed E-state index contributed by atoms with van der Waals surface area (Å²) in [6, 6.07) is 17.1. The fourth-order valence-corrected chi connectivity index (χ4v) is 10.0. The highest BCUT2D eigenvalue weighted by molar-refractivity contribution is 6.20. The molecule has 4 aliphatic heterocycles. The highest BCUT2D eigenvalue weighted by Gasteiger charge is 2.42. The molecule has 0 spiro atoms. The van der Waals surface area contributed by atoms with E-state index in [1.165, 1.54) is 16.2 Å². The largest absolute Gasteiger partial charge is 0.493 e. The van der Waals surface area contributed by atoms with E-state index in [2.05, 4.69) is 59.1 Å². The van der Waals surface area contributed by atoms with Gasteiger partial charge < -0.3 is 24.4 Å². The number of nitriles is 1. The smallest absolute Gasteiger partial charge is 0.255 e. The highest BCUT2D eigenvalue weighted by atomic mass is 16.5. The first-order chi connectivity index (χ1) is 28.4. The number of aromatic nitrogens is 1. The molecular weight excluding hydrogens is 747 g/mol. The van der Waals surface area contributed by atoms with Gasteiger partial charge in [0.25, 0.3) is 5.91 Å². The van der Waals surface area contributed by atoms with Crippen molar-refractivity contribution >= 4 is 46.0 Å². The summed E-state index contributed by atoms with van der Waals surface area (Å²) >= 11 is 0. The third-order valence-electron chi connectivity index (χ3n) is 13.4. The van der Waals surface area contributed by atoms with Crippen molar-refractivity contribution < 1.29 is 28.7 Å². The Morgan fingerprint density at radius 3 is 2.44 bits per heavy atom. The average Bonchev–Trinajstić information content (AvgIpc) is 3.80. The number of ketones is 1. The van der Waals surface area contributed by atoms with Gasteiger partial charge in [-0.3, -0.25) is 34.2 Å². The van der Waals surface area contributed by atoms with E-state index in [1.807, 2.05) is 17.0 Å². The van der Waals surface area contributed by atoms with E-state index >= 15 is 0 Å². The lowest BCUT2D eigenvalue weighted by atomic mass is 9.70. The van der Waals surface area contributed by atoms with Gasteiger partial charge in [-0.1, -0.05) is 26.8 Å². The molecular formula is C46H49N7O6. The van der Waals surface area contributed by atoms with E-state index in [9.17, 15) is 29.2 Å². The first kappa shape index (κ1) is 38.5. The third-order valence-corrected chi connectivity index (χ3v) is 13.4. The number of amides is 4. The van der Waals surface area contributed by atoms with Crippen molar-refractivity contribution in [1.29, 1.82) is 5.26 Å². The Bertz CT molecular complexity index is 2460. The van der Waals surface area contributed by atoms with Gasteiger partial charge in [-0.25, -0.2) is 0 Å². The standard InChI is InChI=1S/C46H49N7O6/c1-4-28-23-34-35(46(2,3)43-41(42(34)56)33-7-5-27(25-47)21-36(33)48-43)24-38(28)51-14-11-30(12-15-51)50-16-18-52(19-17-50)40(55)13-20-59-31-6-8-32-29(22-31)26-53(45(32)58)37-9-10-39(54)49-44(37)57/h5-8,21-24,30,37,48H,4,9-20,26H2,1-3H3,(H,49,54,57). The minimum Gasteiger partial charge on any atom is -0.493 e. The molecule has 59 heavy (non-hydrogen) atoms. The number of nitrogens with one attached hydrogen (secondary N) is 2. The summed E-state index contributed by atoms with van der Waals surface area (Å²) in [5.41, 5.74) is 8.04. The van der Waals surface area contributed by atoms with Crippen LogP contribution in [0.15, 0.2) is 48.5 Å². The number of carbonyl (C=O) groups excluding carboxylic acids is 5. The number of rotatable bonds is 8. The maximum atomic E-state index is 14.1. The van der Waals surface area contributed by atoms with Crippen LogP contribution >= 0.6 is 0 Å². The molecule has 0 saturated carbocycles. The number of H-pyrrole nitrogens is 1. The first-order valence-electron chi connectivity index (χ1n) is 20.9. The summed E-state index contributed by atoms with van der Waals surface area (Å²) in [5.74, 6) is -0.314. The Morgan fingerprint density at radius 2 is 1.71 bits per heavy atom. The molecule has 5 heterocycles. The minimum atomic E-state index is -0.669. The third kappa shape index (κ3) is 6.73. The van der Waals surface area contributed by atoms with Gasteiger partial charge in [0.15, 0.2) is 5.78 Å². The zero-order valence-electron chi connectivity index (χ0n) is 33.9. The zero-order valence-corrected chi connectivity index (χ0v) is 33.9. The molecule has 13 nitrogen and oxygen atoms in total. The van der Waals surface area contributed by atoms with E-state index in [4.69, 9.17) is 4.74 Å². The predicted octanol–water partition coefficient (Wildman–Crippen LogP) is 4.82. The number of ether oxygens (including phenoxy) is 1. The number of imide groups is 1. The molecule has 304 valence electrons. The lowest BCUT2D eigenvalue weighted by molar-refractivity contribution is -0.137. The van der Waals surface area contributed by atoms with E-state index in [0.717, 1.165) is 78.7 Å².